The molecule has 0 saturated carbocycles. The minimum absolute atomic E-state index is 0.222. The molecule has 1 heterocycles. The molecule has 0 spiro atoms. The van der Waals surface area contributed by atoms with Crippen LogP contribution in [-0.2, 0) is 6.42 Å². The summed E-state index contributed by atoms with van der Waals surface area (Å²) in [4.78, 5) is 4.37. The first-order valence-corrected chi connectivity index (χ1v) is 7.36. The number of hydrogen-bond acceptors (Lipinski definition) is 4. The topological polar surface area (TPSA) is 34.1 Å². The first kappa shape index (κ1) is 13.5. The van der Waals surface area contributed by atoms with Gasteiger partial charge in [-0.2, -0.15) is 0 Å². The average molecular weight is 327 g/mol. The molecule has 2 aromatic rings. The Morgan fingerprint density at radius 1 is 1.50 bits per heavy atom. The van der Waals surface area contributed by atoms with Crippen molar-refractivity contribution in [1.82, 2.24) is 10.3 Å². The number of rotatable bonds is 5. The molecular weight excluding hydrogens is 312 g/mol. The van der Waals surface area contributed by atoms with Gasteiger partial charge in [-0.05, 0) is 37.2 Å². The second kappa shape index (κ2) is 6.31. The minimum atomic E-state index is 0.222. The van der Waals surface area contributed by atoms with Crippen molar-refractivity contribution in [2.75, 3.05) is 14.2 Å². The zero-order valence-corrected chi connectivity index (χ0v) is 12.7. The molecule has 96 valence electrons. The van der Waals surface area contributed by atoms with E-state index in [9.17, 15) is 0 Å². The Hall–Kier alpha value is -0.910. The molecule has 0 bridgehead atoms. The molecule has 0 aliphatic heterocycles. The molecular formula is C13H15BrN2OS. The maximum absolute atomic E-state index is 5.26. The van der Waals surface area contributed by atoms with Crippen LogP contribution in [0.25, 0.3) is 0 Å². The molecule has 2 rings (SSSR count). The van der Waals surface area contributed by atoms with Crippen LogP contribution in [0.15, 0.2) is 33.6 Å². The molecule has 0 saturated heterocycles. The number of hydrogen-bond donors (Lipinski definition) is 1. The third-order valence-corrected chi connectivity index (χ3v) is 4.21. The minimum Gasteiger partial charge on any atom is -0.497 e. The van der Waals surface area contributed by atoms with E-state index in [2.05, 4.69) is 37.7 Å². The smallest absolute Gasteiger partial charge is 0.119 e. The molecule has 5 heteroatoms. The van der Waals surface area contributed by atoms with E-state index in [-0.39, 0.29) is 6.04 Å². The zero-order chi connectivity index (χ0) is 13.0. The van der Waals surface area contributed by atoms with Crippen molar-refractivity contribution in [3.63, 3.8) is 0 Å². The fraction of sp³-hybridized carbons (Fsp3) is 0.308. The Bertz CT molecular complexity index is 502. The van der Waals surface area contributed by atoms with Gasteiger partial charge in [0.1, 0.15) is 5.75 Å². The monoisotopic (exact) mass is 326 g/mol. The van der Waals surface area contributed by atoms with Crippen LogP contribution >= 0.6 is 27.3 Å². The highest BCUT2D eigenvalue weighted by Crippen LogP contribution is 2.27. The van der Waals surface area contributed by atoms with Crippen LogP contribution in [-0.4, -0.2) is 19.1 Å². The second-order valence-electron chi connectivity index (χ2n) is 3.92. The number of halogens is 1. The number of aromatic nitrogens is 1. The molecule has 1 unspecified atom stereocenters. The number of nitrogens with zero attached hydrogens (tertiary/aromatic N) is 1. The van der Waals surface area contributed by atoms with Gasteiger partial charge in [-0.1, -0.05) is 15.9 Å². The van der Waals surface area contributed by atoms with Gasteiger partial charge in [0.2, 0.25) is 0 Å². The van der Waals surface area contributed by atoms with Crippen molar-refractivity contribution in [2.45, 2.75) is 12.5 Å². The summed E-state index contributed by atoms with van der Waals surface area (Å²) in [6.07, 6.45) is 0.873. The van der Waals surface area contributed by atoms with E-state index in [1.807, 2.05) is 24.7 Å². The van der Waals surface area contributed by atoms with Crippen LogP contribution in [0.3, 0.4) is 0 Å². The summed E-state index contributed by atoms with van der Waals surface area (Å²) in [5.74, 6) is 0.876. The molecule has 3 nitrogen and oxygen atoms in total. The average Bonchev–Trinajstić information content (AvgIpc) is 2.91. The molecule has 1 atom stereocenters. The van der Waals surface area contributed by atoms with Crippen LogP contribution in [0.2, 0.25) is 0 Å². The van der Waals surface area contributed by atoms with Gasteiger partial charge in [0.25, 0.3) is 0 Å². The Labute approximate surface area is 119 Å². The summed E-state index contributed by atoms with van der Waals surface area (Å²) < 4.78 is 6.36. The van der Waals surface area contributed by atoms with Crippen molar-refractivity contribution in [1.29, 1.82) is 0 Å². The van der Waals surface area contributed by atoms with Crippen LogP contribution in [0.4, 0.5) is 0 Å². The van der Waals surface area contributed by atoms with E-state index in [0.717, 1.165) is 22.3 Å². The lowest BCUT2D eigenvalue weighted by Crippen LogP contribution is -2.19. The predicted octanol–water partition coefficient (Wildman–Crippen LogP) is 3.42. The quantitative estimate of drug-likeness (QED) is 0.914. The van der Waals surface area contributed by atoms with Crippen LogP contribution in [0, 0.1) is 0 Å². The van der Waals surface area contributed by atoms with Gasteiger partial charge in [0.15, 0.2) is 0 Å². The van der Waals surface area contributed by atoms with E-state index < -0.39 is 0 Å². The van der Waals surface area contributed by atoms with Crippen LogP contribution in [0.1, 0.15) is 17.3 Å². The standard InChI is InChI=1S/C13H15BrN2OS/c1-15-12(13-7-18-8-16-13)6-9-5-10(17-2)3-4-11(9)14/h3-5,7-8,12,15H,6H2,1-2H3. The lowest BCUT2D eigenvalue weighted by atomic mass is 10.0. The molecule has 0 aliphatic carbocycles. The van der Waals surface area contributed by atoms with Crippen molar-refractivity contribution in [3.8, 4) is 5.75 Å². The summed E-state index contributed by atoms with van der Waals surface area (Å²) in [7, 11) is 3.64. The fourth-order valence-corrected chi connectivity index (χ4v) is 2.82. The number of nitrogens with one attached hydrogen (secondary N) is 1. The molecule has 0 aliphatic rings. The van der Waals surface area contributed by atoms with Gasteiger partial charge in [-0.25, -0.2) is 4.98 Å². The third kappa shape index (κ3) is 3.10. The first-order chi connectivity index (χ1) is 8.74. The highest BCUT2D eigenvalue weighted by Gasteiger charge is 2.14. The summed E-state index contributed by atoms with van der Waals surface area (Å²) in [6, 6.07) is 6.24. The van der Waals surface area contributed by atoms with Crippen molar-refractivity contribution < 1.29 is 4.74 Å². The predicted molar refractivity (Wildman–Crippen MR) is 78.3 cm³/mol. The van der Waals surface area contributed by atoms with Crippen molar-refractivity contribution in [3.05, 3.63) is 44.8 Å². The molecule has 0 radical (unpaired) electrons. The van der Waals surface area contributed by atoms with E-state index in [1.165, 1.54) is 5.56 Å². The number of thiazole rings is 1. The van der Waals surface area contributed by atoms with E-state index in [0.29, 0.717) is 0 Å². The Morgan fingerprint density at radius 3 is 2.94 bits per heavy atom. The fourth-order valence-electron chi connectivity index (χ4n) is 1.80. The second-order valence-corrected chi connectivity index (χ2v) is 5.49. The van der Waals surface area contributed by atoms with Crippen LogP contribution in [0.5, 0.6) is 5.75 Å². The summed E-state index contributed by atoms with van der Waals surface area (Å²) >= 11 is 5.20. The molecule has 1 N–H and O–H groups in total. The first-order valence-electron chi connectivity index (χ1n) is 5.62. The third-order valence-electron chi connectivity index (χ3n) is 2.83. The van der Waals surface area contributed by atoms with Gasteiger partial charge >= 0.3 is 0 Å². The highest BCUT2D eigenvalue weighted by molar-refractivity contribution is 9.10. The van der Waals surface area contributed by atoms with Gasteiger partial charge in [-0.15, -0.1) is 11.3 Å². The van der Waals surface area contributed by atoms with E-state index in [1.54, 1.807) is 18.4 Å². The number of benzene rings is 1. The zero-order valence-electron chi connectivity index (χ0n) is 10.3. The Balaban J connectivity index is 2.21. The molecule has 1 aromatic heterocycles. The molecule has 18 heavy (non-hydrogen) atoms. The van der Waals surface area contributed by atoms with E-state index >= 15 is 0 Å². The SMILES string of the molecule is CNC(Cc1cc(OC)ccc1Br)c1cscn1. The number of likely N-dealkylation sites (N-methyl/N-ethyl adjacent to an activating group) is 1. The maximum Gasteiger partial charge on any atom is 0.119 e. The lowest BCUT2D eigenvalue weighted by molar-refractivity contribution is 0.413. The summed E-state index contributed by atoms with van der Waals surface area (Å²) in [5.41, 5.74) is 4.15. The normalized spacial score (nSPS) is 12.4. The lowest BCUT2D eigenvalue weighted by Gasteiger charge is -2.15. The Kier molecular flexibility index (Phi) is 4.74. The Morgan fingerprint density at radius 2 is 2.33 bits per heavy atom. The van der Waals surface area contributed by atoms with Crippen molar-refractivity contribution >= 4 is 27.3 Å². The van der Waals surface area contributed by atoms with Gasteiger partial charge in [0, 0.05) is 9.85 Å². The van der Waals surface area contributed by atoms with Gasteiger partial charge in [-0.3, -0.25) is 0 Å². The maximum atomic E-state index is 5.26. The summed E-state index contributed by atoms with van der Waals surface area (Å²) in [5, 5.41) is 5.38. The van der Waals surface area contributed by atoms with Gasteiger partial charge < -0.3 is 10.1 Å². The summed E-state index contributed by atoms with van der Waals surface area (Å²) in [6.45, 7) is 0. The van der Waals surface area contributed by atoms with Crippen LogP contribution < -0.4 is 10.1 Å². The highest BCUT2D eigenvalue weighted by atomic mass is 79.9. The molecule has 0 fully saturated rings. The van der Waals surface area contributed by atoms with E-state index in [4.69, 9.17) is 4.74 Å². The molecule has 1 aromatic carbocycles. The van der Waals surface area contributed by atoms with Crippen molar-refractivity contribution in [2.24, 2.45) is 0 Å². The largest absolute Gasteiger partial charge is 0.497 e. The number of methoxy groups -OCH3 is 1. The number of ether oxygens (including phenoxy) is 1. The molecule has 0 amide bonds. The van der Waals surface area contributed by atoms with Gasteiger partial charge in [0.05, 0.1) is 24.4 Å².